The fraction of sp³-hybridized carbons (Fsp3) is 0.273. The summed E-state index contributed by atoms with van der Waals surface area (Å²) in [6.07, 6.45) is 2.73. The smallest absolute Gasteiger partial charge is 1.00 e. The van der Waals surface area contributed by atoms with Gasteiger partial charge in [-0.1, -0.05) is 90.6 Å². The van der Waals surface area contributed by atoms with Crippen molar-refractivity contribution in [1.29, 1.82) is 0 Å². The number of rotatable bonds is 6. The van der Waals surface area contributed by atoms with Crippen LogP contribution in [-0.2, 0) is 25.8 Å². The van der Waals surface area contributed by atoms with Crippen molar-refractivity contribution in [2.45, 2.75) is 34.6 Å². The van der Waals surface area contributed by atoms with Crippen molar-refractivity contribution in [3.8, 4) is 11.1 Å². The van der Waals surface area contributed by atoms with E-state index in [4.69, 9.17) is 0 Å². The molecule has 37 heavy (non-hydrogen) atoms. The monoisotopic (exact) mass is 714 g/mol. The SMILES string of the molecule is CC(C)CP(CC(C)C)c1cc2ccccc2[cH-]1.Cc1cc2c(-c3ccccc3)cccc2[cH-]1.[Cl-].[Cl-].[Hf+4]. The third-order valence-electron chi connectivity index (χ3n) is 6.12. The van der Waals surface area contributed by atoms with Crippen LogP contribution in [0, 0.1) is 18.8 Å². The average Bonchev–Trinajstić information content (AvgIpc) is 3.41. The molecule has 0 aromatic heterocycles. The van der Waals surface area contributed by atoms with E-state index in [1.165, 1.54) is 50.6 Å². The molecule has 0 aliphatic heterocycles. The molecule has 5 aromatic rings. The molecule has 0 amide bonds. The Hall–Kier alpha value is -1.24. The first-order valence-electron chi connectivity index (χ1n) is 12.5. The van der Waals surface area contributed by atoms with Crippen LogP contribution in [0.25, 0.3) is 32.7 Å². The van der Waals surface area contributed by atoms with Gasteiger partial charge in [0, 0.05) is 0 Å². The van der Waals surface area contributed by atoms with Gasteiger partial charge in [0.2, 0.25) is 0 Å². The molecule has 0 radical (unpaired) electrons. The van der Waals surface area contributed by atoms with Crippen molar-refractivity contribution in [2.24, 2.45) is 11.8 Å². The maximum absolute atomic E-state index is 2.42. The average molecular weight is 714 g/mol. The Morgan fingerprint density at radius 1 is 0.676 bits per heavy atom. The molecule has 0 spiro atoms. The summed E-state index contributed by atoms with van der Waals surface area (Å²) >= 11 is 0. The molecule has 0 aliphatic carbocycles. The van der Waals surface area contributed by atoms with Gasteiger partial charge in [-0.3, -0.25) is 0 Å². The molecule has 0 saturated heterocycles. The van der Waals surface area contributed by atoms with Crippen LogP contribution in [0.1, 0.15) is 33.3 Å². The van der Waals surface area contributed by atoms with Crippen LogP contribution in [0.15, 0.2) is 97.1 Å². The number of aryl methyl sites for hydroxylation is 1. The van der Waals surface area contributed by atoms with Crippen LogP contribution in [0.5, 0.6) is 0 Å². The van der Waals surface area contributed by atoms with E-state index in [0.29, 0.717) is 0 Å². The van der Waals surface area contributed by atoms with Crippen LogP contribution in [0.2, 0.25) is 0 Å². The number of fused-ring (bicyclic) bond motifs is 2. The molecule has 5 rings (SSSR count). The van der Waals surface area contributed by atoms with E-state index < -0.39 is 0 Å². The van der Waals surface area contributed by atoms with Crippen molar-refractivity contribution in [1.82, 2.24) is 0 Å². The molecule has 5 aromatic carbocycles. The minimum atomic E-state index is 0. The predicted octanol–water partition coefficient (Wildman–Crippen LogP) is 3.52. The van der Waals surface area contributed by atoms with Crippen molar-refractivity contribution in [3.05, 3.63) is 103 Å². The molecule has 0 fully saturated rings. The van der Waals surface area contributed by atoms with Gasteiger partial charge in [0.15, 0.2) is 0 Å². The van der Waals surface area contributed by atoms with Crippen molar-refractivity contribution < 1.29 is 50.7 Å². The van der Waals surface area contributed by atoms with Gasteiger partial charge in [-0.25, -0.2) is 0 Å². The molecule has 4 heteroatoms. The van der Waals surface area contributed by atoms with Gasteiger partial charge in [-0.15, -0.1) is 74.9 Å². The van der Waals surface area contributed by atoms with Gasteiger partial charge in [-0.2, -0.15) is 12.1 Å². The zero-order valence-electron chi connectivity index (χ0n) is 22.5. The second-order valence-corrected chi connectivity index (χ2v) is 12.6. The van der Waals surface area contributed by atoms with Gasteiger partial charge < -0.3 is 24.8 Å². The van der Waals surface area contributed by atoms with Crippen LogP contribution >= 0.6 is 7.92 Å². The molecule has 0 nitrogen and oxygen atoms in total. The van der Waals surface area contributed by atoms with Crippen molar-refractivity contribution >= 4 is 34.8 Å². The molecule has 192 valence electrons. The fourth-order valence-electron chi connectivity index (χ4n) is 4.74. The Balaban J connectivity index is 0.000000344. The van der Waals surface area contributed by atoms with Crippen LogP contribution in [0.3, 0.4) is 0 Å². The standard InChI is InChI=1S/C17H24P.C16H13.2ClH.Hf/c1-13(2)11-18(12-14(3)4)17-9-15-7-5-6-8-16(15)10-17;1-12-10-14-8-5-9-15(16(14)11-12)13-6-3-2-4-7-13;;;/h5-10,13-14H,11-12H2,1-4H3;2-11H,1H3;2*1H;/q2*-1;;;+4/p-2. The van der Waals surface area contributed by atoms with E-state index in [0.717, 1.165) is 11.8 Å². The second-order valence-electron chi connectivity index (χ2n) is 10.2. The summed E-state index contributed by atoms with van der Waals surface area (Å²) in [5.74, 6) is 1.60. The summed E-state index contributed by atoms with van der Waals surface area (Å²) in [7, 11) is 0.0185. The minimum absolute atomic E-state index is 0. The molecule has 0 bridgehead atoms. The molecule has 0 unspecified atom stereocenters. The van der Waals surface area contributed by atoms with Crippen molar-refractivity contribution in [2.75, 3.05) is 12.3 Å². The molecular formula is C33H37Cl2HfP. The van der Waals surface area contributed by atoms with Crippen LogP contribution in [-0.4, -0.2) is 12.3 Å². The van der Waals surface area contributed by atoms with Gasteiger partial charge in [0.05, 0.1) is 0 Å². The van der Waals surface area contributed by atoms with Gasteiger partial charge in [0.1, 0.15) is 0 Å². The van der Waals surface area contributed by atoms with E-state index >= 15 is 0 Å². The Kier molecular flexibility index (Phi) is 14.6. The minimum Gasteiger partial charge on any atom is -1.00 e. The normalized spacial score (nSPS) is 10.6. The summed E-state index contributed by atoms with van der Waals surface area (Å²) in [5.41, 5.74) is 3.95. The van der Waals surface area contributed by atoms with Crippen LogP contribution in [0.4, 0.5) is 0 Å². The van der Waals surface area contributed by atoms with Gasteiger partial charge >= 0.3 is 25.8 Å². The first-order valence-corrected chi connectivity index (χ1v) is 14.2. The zero-order chi connectivity index (χ0) is 24.1. The van der Waals surface area contributed by atoms with E-state index in [1.807, 2.05) is 0 Å². The Bertz CT molecular complexity index is 1290. The third kappa shape index (κ3) is 9.18. The maximum atomic E-state index is 2.42. The van der Waals surface area contributed by atoms with Gasteiger partial charge in [-0.05, 0) is 29.7 Å². The summed E-state index contributed by atoms with van der Waals surface area (Å²) < 4.78 is 0. The number of benzene rings is 3. The largest absolute Gasteiger partial charge is 4.00 e. The first kappa shape index (κ1) is 33.8. The van der Waals surface area contributed by atoms with Crippen LogP contribution < -0.4 is 30.1 Å². The zero-order valence-corrected chi connectivity index (χ0v) is 28.5. The van der Waals surface area contributed by atoms with Gasteiger partial charge in [0.25, 0.3) is 0 Å². The molecule has 0 heterocycles. The Labute approximate surface area is 256 Å². The third-order valence-corrected chi connectivity index (χ3v) is 9.45. The van der Waals surface area contributed by atoms with E-state index in [9.17, 15) is 0 Å². The summed E-state index contributed by atoms with van der Waals surface area (Å²) in [6, 6.07) is 35.1. The van der Waals surface area contributed by atoms with E-state index in [-0.39, 0.29) is 58.6 Å². The maximum Gasteiger partial charge on any atom is 4.00 e. The fourth-order valence-corrected chi connectivity index (χ4v) is 7.71. The summed E-state index contributed by atoms with van der Waals surface area (Å²) in [6.45, 7) is 11.5. The number of halogens is 2. The second kappa shape index (κ2) is 16.0. The Morgan fingerprint density at radius 2 is 1.27 bits per heavy atom. The molecule has 0 aliphatic rings. The molecule has 0 saturated carbocycles. The Morgan fingerprint density at radius 3 is 1.89 bits per heavy atom. The molecule has 0 atom stereocenters. The summed E-state index contributed by atoms with van der Waals surface area (Å²) in [4.78, 5) is 0. The van der Waals surface area contributed by atoms with Crippen molar-refractivity contribution in [3.63, 3.8) is 0 Å². The first-order chi connectivity index (χ1) is 16.4. The molecular weight excluding hydrogens is 677 g/mol. The number of hydrogen-bond acceptors (Lipinski definition) is 0. The van der Waals surface area contributed by atoms with E-state index in [2.05, 4.69) is 132 Å². The van der Waals surface area contributed by atoms with E-state index in [1.54, 1.807) is 5.30 Å². The quantitative estimate of drug-likeness (QED) is 0.144. The number of hydrogen-bond donors (Lipinski definition) is 0. The topological polar surface area (TPSA) is 0 Å². The predicted molar refractivity (Wildman–Crippen MR) is 155 cm³/mol. The molecule has 0 N–H and O–H groups in total. The summed E-state index contributed by atoms with van der Waals surface area (Å²) in [5, 5.41) is 7.11.